The summed E-state index contributed by atoms with van der Waals surface area (Å²) < 4.78 is 11.2. The van der Waals surface area contributed by atoms with Crippen LogP contribution in [0, 0.1) is 12.8 Å². The summed E-state index contributed by atoms with van der Waals surface area (Å²) in [6.07, 6.45) is 3.36. The molecule has 0 aliphatic rings. The lowest BCUT2D eigenvalue weighted by Crippen LogP contribution is -2.18. The summed E-state index contributed by atoms with van der Waals surface area (Å²) in [6.45, 7) is 7.42. The van der Waals surface area contributed by atoms with E-state index in [0.717, 1.165) is 17.3 Å². The third-order valence-electron chi connectivity index (χ3n) is 2.74. The Balaban J connectivity index is 2.02. The largest absolute Gasteiger partial charge is 0.476 e. The molecule has 108 valence electrons. The van der Waals surface area contributed by atoms with Crippen LogP contribution in [0.2, 0.25) is 0 Å². The van der Waals surface area contributed by atoms with Crippen LogP contribution in [0.1, 0.15) is 25.4 Å². The van der Waals surface area contributed by atoms with E-state index in [1.807, 2.05) is 31.0 Å². The number of ether oxygens (including phenoxy) is 1. The van der Waals surface area contributed by atoms with Crippen molar-refractivity contribution in [3.05, 3.63) is 36.0 Å². The number of hydrogen-bond donors (Lipinski definition) is 0. The molecule has 0 saturated heterocycles. The average Bonchev–Trinajstić information content (AvgIpc) is 2.82. The zero-order valence-electron chi connectivity index (χ0n) is 12.5. The van der Waals surface area contributed by atoms with Crippen molar-refractivity contribution in [2.45, 2.75) is 27.3 Å². The highest BCUT2D eigenvalue weighted by molar-refractivity contribution is 5.36. The highest BCUT2D eigenvalue weighted by atomic mass is 16.5. The smallest absolute Gasteiger partial charge is 0.234 e. The average molecular weight is 275 g/mol. The van der Waals surface area contributed by atoms with Gasteiger partial charge in [-0.25, -0.2) is 0 Å². The van der Waals surface area contributed by atoms with Crippen molar-refractivity contribution >= 4 is 5.82 Å². The molecule has 5 heteroatoms. The summed E-state index contributed by atoms with van der Waals surface area (Å²) in [7, 11) is 1.95. The molecule has 2 aromatic heterocycles. The van der Waals surface area contributed by atoms with E-state index in [4.69, 9.17) is 9.15 Å². The van der Waals surface area contributed by atoms with Gasteiger partial charge in [-0.1, -0.05) is 13.8 Å². The Morgan fingerprint density at radius 1 is 1.30 bits per heavy atom. The van der Waals surface area contributed by atoms with Crippen LogP contribution in [0.5, 0.6) is 5.88 Å². The molecular formula is C15H21N3O2. The van der Waals surface area contributed by atoms with E-state index in [0.29, 0.717) is 24.9 Å². The Bertz CT molecular complexity index is 552. The standard InChI is InChI=1S/C15H21N3O2/c1-11(2)10-19-15-8-16-7-14(17-15)18(4)9-13-6-5-12(3)20-13/h5-8,11H,9-10H2,1-4H3. The number of furan rings is 1. The number of aryl methyl sites for hydroxylation is 1. The molecule has 0 fully saturated rings. The second kappa shape index (κ2) is 6.41. The molecule has 0 saturated carbocycles. The molecular weight excluding hydrogens is 254 g/mol. The first kappa shape index (κ1) is 14.4. The molecule has 0 radical (unpaired) electrons. The lowest BCUT2D eigenvalue weighted by atomic mass is 10.2. The van der Waals surface area contributed by atoms with Gasteiger partial charge in [0.2, 0.25) is 5.88 Å². The Kier molecular flexibility index (Phi) is 4.61. The fourth-order valence-corrected chi connectivity index (χ4v) is 1.73. The van der Waals surface area contributed by atoms with Gasteiger partial charge in [0.1, 0.15) is 11.5 Å². The fourth-order valence-electron chi connectivity index (χ4n) is 1.73. The molecule has 2 heterocycles. The molecule has 5 nitrogen and oxygen atoms in total. The monoisotopic (exact) mass is 275 g/mol. The Hall–Kier alpha value is -2.04. The van der Waals surface area contributed by atoms with Gasteiger partial charge in [0.25, 0.3) is 0 Å². The van der Waals surface area contributed by atoms with E-state index in [9.17, 15) is 0 Å². The summed E-state index contributed by atoms with van der Waals surface area (Å²) >= 11 is 0. The quantitative estimate of drug-likeness (QED) is 0.811. The molecule has 0 aliphatic heterocycles. The van der Waals surface area contributed by atoms with Crippen LogP contribution in [0.3, 0.4) is 0 Å². The molecule has 0 N–H and O–H groups in total. The Labute approximate surface area is 119 Å². The number of rotatable bonds is 6. The molecule has 2 aromatic rings. The van der Waals surface area contributed by atoms with E-state index in [1.54, 1.807) is 12.4 Å². The van der Waals surface area contributed by atoms with E-state index < -0.39 is 0 Å². The van der Waals surface area contributed by atoms with Crippen LogP contribution in [-0.4, -0.2) is 23.6 Å². The van der Waals surface area contributed by atoms with E-state index in [1.165, 1.54) is 0 Å². The highest BCUT2D eigenvalue weighted by Crippen LogP contribution is 2.16. The zero-order chi connectivity index (χ0) is 14.5. The summed E-state index contributed by atoms with van der Waals surface area (Å²) in [5.41, 5.74) is 0. The van der Waals surface area contributed by atoms with Gasteiger partial charge in [-0.2, -0.15) is 4.98 Å². The number of nitrogens with zero attached hydrogens (tertiary/aromatic N) is 3. The molecule has 0 unspecified atom stereocenters. The molecule has 2 rings (SSSR count). The third-order valence-corrected chi connectivity index (χ3v) is 2.74. The van der Waals surface area contributed by atoms with Crippen LogP contribution in [0.15, 0.2) is 28.9 Å². The molecule has 0 aromatic carbocycles. The second-order valence-corrected chi connectivity index (χ2v) is 5.29. The highest BCUT2D eigenvalue weighted by Gasteiger charge is 2.08. The van der Waals surface area contributed by atoms with E-state index in [-0.39, 0.29) is 0 Å². The minimum atomic E-state index is 0.462. The maximum Gasteiger partial charge on any atom is 0.234 e. The number of hydrogen-bond acceptors (Lipinski definition) is 5. The van der Waals surface area contributed by atoms with Gasteiger partial charge < -0.3 is 14.1 Å². The molecule has 20 heavy (non-hydrogen) atoms. The number of aromatic nitrogens is 2. The maximum absolute atomic E-state index is 5.59. The maximum atomic E-state index is 5.59. The topological polar surface area (TPSA) is 51.4 Å². The minimum Gasteiger partial charge on any atom is -0.476 e. The van der Waals surface area contributed by atoms with Gasteiger partial charge in [0, 0.05) is 7.05 Å². The molecule has 0 spiro atoms. The molecule has 0 aliphatic carbocycles. The second-order valence-electron chi connectivity index (χ2n) is 5.29. The van der Waals surface area contributed by atoms with E-state index >= 15 is 0 Å². The van der Waals surface area contributed by atoms with Crippen molar-refractivity contribution in [3.8, 4) is 5.88 Å². The van der Waals surface area contributed by atoms with Crippen LogP contribution < -0.4 is 9.64 Å². The Morgan fingerprint density at radius 3 is 2.75 bits per heavy atom. The van der Waals surface area contributed by atoms with Crippen LogP contribution in [0.25, 0.3) is 0 Å². The van der Waals surface area contributed by atoms with Crippen molar-refractivity contribution in [3.63, 3.8) is 0 Å². The summed E-state index contributed by atoms with van der Waals surface area (Å²) in [5.74, 6) is 3.59. The molecule has 0 atom stereocenters. The van der Waals surface area contributed by atoms with Gasteiger partial charge in [0.05, 0.1) is 25.5 Å². The lowest BCUT2D eigenvalue weighted by Gasteiger charge is -2.17. The fraction of sp³-hybridized carbons (Fsp3) is 0.467. The van der Waals surface area contributed by atoms with Crippen molar-refractivity contribution in [2.75, 3.05) is 18.6 Å². The van der Waals surface area contributed by atoms with Gasteiger partial charge in [-0.15, -0.1) is 0 Å². The predicted molar refractivity (Wildman–Crippen MR) is 77.9 cm³/mol. The van der Waals surface area contributed by atoms with Crippen molar-refractivity contribution in [1.82, 2.24) is 9.97 Å². The van der Waals surface area contributed by atoms with Crippen LogP contribution in [0.4, 0.5) is 5.82 Å². The number of anilines is 1. The summed E-state index contributed by atoms with van der Waals surface area (Å²) in [4.78, 5) is 10.6. The zero-order valence-corrected chi connectivity index (χ0v) is 12.5. The van der Waals surface area contributed by atoms with Crippen LogP contribution >= 0.6 is 0 Å². The molecule has 0 bridgehead atoms. The minimum absolute atomic E-state index is 0.462. The first-order valence-corrected chi connectivity index (χ1v) is 6.76. The van der Waals surface area contributed by atoms with Gasteiger partial charge in [-0.3, -0.25) is 4.98 Å². The summed E-state index contributed by atoms with van der Waals surface area (Å²) in [5, 5.41) is 0. The van der Waals surface area contributed by atoms with Crippen molar-refractivity contribution in [2.24, 2.45) is 5.92 Å². The Morgan fingerprint density at radius 2 is 2.10 bits per heavy atom. The normalized spacial score (nSPS) is 10.8. The molecule has 0 amide bonds. The van der Waals surface area contributed by atoms with Gasteiger partial charge >= 0.3 is 0 Å². The van der Waals surface area contributed by atoms with E-state index in [2.05, 4.69) is 23.8 Å². The lowest BCUT2D eigenvalue weighted by molar-refractivity contribution is 0.260. The summed E-state index contributed by atoms with van der Waals surface area (Å²) in [6, 6.07) is 3.93. The van der Waals surface area contributed by atoms with Crippen LogP contribution in [-0.2, 0) is 6.54 Å². The van der Waals surface area contributed by atoms with Crippen molar-refractivity contribution < 1.29 is 9.15 Å². The van der Waals surface area contributed by atoms with Gasteiger partial charge in [0.15, 0.2) is 5.82 Å². The first-order chi connectivity index (χ1) is 9.54. The third kappa shape index (κ3) is 3.98. The SMILES string of the molecule is Cc1ccc(CN(C)c2cncc(OCC(C)C)n2)o1. The predicted octanol–water partition coefficient (Wildman–Crippen LogP) is 3.05. The van der Waals surface area contributed by atoms with Crippen molar-refractivity contribution in [1.29, 1.82) is 0 Å². The van der Waals surface area contributed by atoms with Gasteiger partial charge in [-0.05, 0) is 25.0 Å². The first-order valence-electron chi connectivity index (χ1n) is 6.76.